The van der Waals surface area contributed by atoms with E-state index in [1.807, 2.05) is 23.1 Å². The first-order chi connectivity index (χ1) is 12.5. The number of benzene rings is 1. The van der Waals surface area contributed by atoms with Crippen LogP contribution in [-0.2, 0) is 12.8 Å². The highest BCUT2D eigenvalue weighted by Crippen LogP contribution is 2.25. The molecule has 2 aromatic rings. The van der Waals surface area contributed by atoms with Gasteiger partial charge >= 0.3 is 6.03 Å². The van der Waals surface area contributed by atoms with E-state index in [9.17, 15) is 4.79 Å². The van der Waals surface area contributed by atoms with Gasteiger partial charge in [-0.05, 0) is 42.9 Å². The van der Waals surface area contributed by atoms with E-state index in [0.29, 0.717) is 11.0 Å². The van der Waals surface area contributed by atoms with Gasteiger partial charge in [0.05, 0.1) is 7.11 Å². The summed E-state index contributed by atoms with van der Waals surface area (Å²) in [7, 11) is 1.67. The topological polar surface area (TPSA) is 67.3 Å². The summed E-state index contributed by atoms with van der Waals surface area (Å²) in [5, 5.41) is 12.7. The number of carbonyl (C=O) groups is 1. The first-order valence-corrected chi connectivity index (χ1v) is 9.89. The summed E-state index contributed by atoms with van der Waals surface area (Å²) in [4.78, 5) is 14.6. The summed E-state index contributed by atoms with van der Waals surface area (Å²) >= 11 is 1.46. The number of anilines is 1. The van der Waals surface area contributed by atoms with E-state index in [4.69, 9.17) is 4.74 Å². The lowest BCUT2D eigenvalue weighted by atomic mass is 10.0. The molecule has 2 heterocycles. The number of methoxy groups -OCH3 is 1. The molecule has 6 nitrogen and oxygen atoms in total. The van der Waals surface area contributed by atoms with Crippen LogP contribution in [0.5, 0.6) is 5.75 Å². The van der Waals surface area contributed by atoms with Gasteiger partial charge in [0.15, 0.2) is 0 Å². The first kappa shape index (κ1) is 18.6. The van der Waals surface area contributed by atoms with Crippen LogP contribution in [0.15, 0.2) is 24.3 Å². The fourth-order valence-corrected chi connectivity index (χ4v) is 4.23. The molecule has 0 saturated carbocycles. The number of nitrogens with zero attached hydrogens (tertiary/aromatic N) is 3. The Hall–Kier alpha value is -2.15. The van der Waals surface area contributed by atoms with Crippen LogP contribution in [0.4, 0.5) is 9.93 Å². The highest BCUT2D eigenvalue weighted by atomic mass is 32.1. The molecular weight excluding hydrogens is 348 g/mol. The van der Waals surface area contributed by atoms with Gasteiger partial charge in [0, 0.05) is 19.0 Å². The van der Waals surface area contributed by atoms with E-state index < -0.39 is 0 Å². The van der Waals surface area contributed by atoms with Crippen molar-refractivity contribution in [2.75, 3.05) is 19.0 Å². The summed E-state index contributed by atoms with van der Waals surface area (Å²) in [5.41, 5.74) is 1.18. The molecule has 1 unspecified atom stereocenters. The molecule has 2 amide bonds. The SMILES string of the molecule is COc1cccc(CC2CCCN2C(=O)Nc2nnc(CC(C)C)s2)c1. The zero-order chi connectivity index (χ0) is 18.5. The Morgan fingerprint density at radius 3 is 3.04 bits per heavy atom. The molecular formula is C19H26N4O2S. The van der Waals surface area contributed by atoms with Gasteiger partial charge in [0.2, 0.25) is 5.13 Å². The van der Waals surface area contributed by atoms with Gasteiger partial charge < -0.3 is 9.64 Å². The van der Waals surface area contributed by atoms with Crippen molar-refractivity contribution in [1.29, 1.82) is 0 Å². The van der Waals surface area contributed by atoms with Gasteiger partial charge in [0.25, 0.3) is 0 Å². The summed E-state index contributed by atoms with van der Waals surface area (Å²) in [6, 6.07) is 8.17. The fourth-order valence-electron chi connectivity index (χ4n) is 3.29. The maximum absolute atomic E-state index is 12.7. The van der Waals surface area contributed by atoms with E-state index >= 15 is 0 Å². The molecule has 1 fully saturated rings. The minimum atomic E-state index is -0.0809. The molecule has 1 aromatic carbocycles. The van der Waals surface area contributed by atoms with Crippen molar-refractivity contribution in [3.05, 3.63) is 34.8 Å². The van der Waals surface area contributed by atoms with Crippen molar-refractivity contribution in [1.82, 2.24) is 15.1 Å². The van der Waals surface area contributed by atoms with Crippen molar-refractivity contribution in [3.8, 4) is 5.75 Å². The first-order valence-electron chi connectivity index (χ1n) is 9.08. The molecule has 0 bridgehead atoms. The third kappa shape index (κ3) is 4.72. The third-order valence-corrected chi connectivity index (χ3v) is 5.37. The molecule has 0 aliphatic carbocycles. The van der Waals surface area contributed by atoms with Crippen LogP contribution < -0.4 is 10.1 Å². The average Bonchev–Trinajstić information content (AvgIpc) is 3.24. The number of aromatic nitrogens is 2. The van der Waals surface area contributed by atoms with Crippen LogP contribution in [0.3, 0.4) is 0 Å². The Bertz CT molecular complexity index is 747. The molecule has 1 N–H and O–H groups in total. The Kier molecular flexibility index (Phi) is 6.08. The Morgan fingerprint density at radius 2 is 2.27 bits per heavy atom. The molecule has 1 aromatic heterocycles. The van der Waals surface area contributed by atoms with Crippen molar-refractivity contribution in [3.63, 3.8) is 0 Å². The van der Waals surface area contributed by atoms with Gasteiger partial charge in [-0.2, -0.15) is 0 Å². The normalized spacial score (nSPS) is 16.9. The number of ether oxygens (including phenoxy) is 1. The van der Waals surface area contributed by atoms with E-state index in [2.05, 4.69) is 35.4 Å². The third-order valence-electron chi connectivity index (χ3n) is 4.51. The molecule has 7 heteroatoms. The zero-order valence-electron chi connectivity index (χ0n) is 15.6. The number of carbonyl (C=O) groups excluding carboxylic acids is 1. The highest BCUT2D eigenvalue weighted by Gasteiger charge is 2.29. The predicted molar refractivity (Wildman–Crippen MR) is 104 cm³/mol. The van der Waals surface area contributed by atoms with Crippen molar-refractivity contribution in [2.45, 2.75) is 45.6 Å². The number of rotatable bonds is 6. The smallest absolute Gasteiger partial charge is 0.323 e. The standard InChI is InChI=1S/C19H26N4O2S/c1-13(2)10-17-21-22-18(26-17)20-19(24)23-9-5-7-15(23)11-14-6-4-8-16(12-14)25-3/h4,6,8,12-13,15H,5,7,9-11H2,1-3H3,(H,20,22,24). The van der Waals surface area contributed by atoms with Crippen LogP contribution in [0.1, 0.15) is 37.3 Å². The largest absolute Gasteiger partial charge is 0.497 e. The zero-order valence-corrected chi connectivity index (χ0v) is 16.4. The highest BCUT2D eigenvalue weighted by molar-refractivity contribution is 7.15. The number of hydrogen-bond acceptors (Lipinski definition) is 5. The molecule has 1 atom stereocenters. The van der Waals surface area contributed by atoms with E-state index in [1.54, 1.807) is 7.11 Å². The number of amides is 2. The molecule has 140 valence electrons. The van der Waals surface area contributed by atoms with Gasteiger partial charge in [-0.1, -0.05) is 37.3 Å². The van der Waals surface area contributed by atoms with Crippen LogP contribution in [0, 0.1) is 5.92 Å². The average molecular weight is 375 g/mol. The Morgan fingerprint density at radius 1 is 1.42 bits per heavy atom. The number of urea groups is 1. The van der Waals surface area contributed by atoms with Crippen LogP contribution in [-0.4, -0.2) is 40.8 Å². The predicted octanol–water partition coefficient (Wildman–Crippen LogP) is 3.98. The maximum atomic E-state index is 12.7. The molecule has 0 radical (unpaired) electrons. The monoisotopic (exact) mass is 374 g/mol. The molecule has 1 aliphatic rings. The van der Waals surface area contributed by atoms with Gasteiger partial charge in [-0.25, -0.2) is 4.79 Å². The van der Waals surface area contributed by atoms with Gasteiger partial charge in [-0.15, -0.1) is 10.2 Å². The summed E-state index contributed by atoms with van der Waals surface area (Å²) in [6.07, 6.45) is 3.76. The van der Waals surface area contributed by atoms with Crippen molar-refractivity contribution in [2.24, 2.45) is 5.92 Å². The minimum absolute atomic E-state index is 0.0809. The lowest BCUT2D eigenvalue weighted by Gasteiger charge is -2.24. The summed E-state index contributed by atoms with van der Waals surface area (Å²) < 4.78 is 5.30. The second kappa shape index (κ2) is 8.49. The molecule has 1 saturated heterocycles. The molecule has 1 aliphatic heterocycles. The second-order valence-corrected chi connectivity index (χ2v) is 8.14. The maximum Gasteiger partial charge on any atom is 0.323 e. The summed E-state index contributed by atoms with van der Waals surface area (Å²) in [5.74, 6) is 1.38. The van der Waals surface area contributed by atoms with E-state index in [1.165, 1.54) is 16.9 Å². The minimum Gasteiger partial charge on any atom is -0.497 e. The number of nitrogens with one attached hydrogen (secondary N) is 1. The molecule has 3 rings (SSSR count). The second-order valence-electron chi connectivity index (χ2n) is 7.07. The number of likely N-dealkylation sites (tertiary alicyclic amines) is 1. The Labute approximate surface area is 158 Å². The van der Waals surface area contributed by atoms with Crippen molar-refractivity contribution >= 4 is 22.5 Å². The lowest BCUT2D eigenvalue weighted by Crippen LogP contribution is -2.39. The van der Waals surface area contributed by atoms with Gasteiger partial charge in [0.1, 0.15) is 10.8 Å². The molecule has 0 spiro atoms. The van der Waals surface area contributed by atoms with Crippen molar-refractivity contribution < 1.29 is 9.53 Å². The van der Waals surface area contributed by atoms with E-state index in [-0.39, 0.29) is 12.1 Å². The Balaban J connectivity index is 1.61. The van der Waals surface area contributed by atoms with E-state index in [0.717, 1.165) is 43.0 Å². The van der Waals surface area contributed by atoms with Gasteiger partial charge in [-0.3, -0.25) is 5.32 Å². The fraction of sp³-hybridized carbons (Fsp3) is 0.526. The lowest BCUT2D eigenvalue weighted by molar-refractivity contribution is 0.206. The molecule has 26 heavy (non-hydrogen) atoms. The van der Waals surface area contributed by atoms with Crippen LogP contribution >= 0.6 is 11.3 Å². The van der Waals surface area contributed by atoms with Crippen LogP contribution in [0.25, 0.3) is 0 Å². The number of hydrogen-bond donors (Lipinski definition) is 1. The summed E-state index contributed by atoms with van der Waals surface area (Å²) in [6.45, 7) is 5.07. The van der Waals surface area contributed by atoms with Crippen LogP contribution in [0.2, 0.25) is 0 Å². The quantitative estimate of drug-likeness (QED) is 0.830.